The number of halogens is 1. The summed E-state index contributed by atoms with van der Waals surface area (Å²) in [6.45, 7) is 1.80. The number of likely N-dealkylation sites (N-methyl/N-ethyl adjacent to an activating group) is 1. The maximum Gasteiger partial charge on any atom is 0.254 e. The van der Waals surface area contributed by atoms with Gasteiger partial charge in [0.2, 0.25) is 0 Å². The molecule has 33 heavy (non-hydrogen) atoms. The molecule has 0 aromatic heterocycles. The zero-order valence-electron chi connectivity index (χ0n) is 18.7. The molecular weight excluding hydrogens is 436 g/mol. The van der Waals surface area contributed by atoms with Crippen molar-refractivity contribution in [3.05, 3.63) is 100 Å². The number of benzodiazepines with no additional fused rings is 1. The van der Waals surface area contributed by atoms with E-state index in [0.717, 1.165) is 22.4 Å². The summed E-state index contributed by atoms with van der Waals surface area (Å²) in [5, 5.41) is 11.8. The van der Waals surface area contributed by atoms with Crippen LogP contribution in [0.25, 0.3) is 6.08 Å². The molecule has 0 aliphatic carbocycles. The summed E-state index contributed by atoms with van der Waals surface area (Å²) in [7, 11) is 3.31. The quantitative estimate of drug-likeness (QED) is 0.583. The number of carbonyl (C=O) groups is 1. The monoisotopic (exact) mass is 460 g/mol. The molecule has 2 atom stereocenters. The van der Waals surface area contributed by atoms with E-state index >= 15 is 0 Å². The zero-order chi connectivity index (χ0) is 23.5. The third kappa shape index (κ3) is 4.70. The predicted octanol–water partition coefficient (Wildman–Crippen LogP) is 5.00. The first-order valence-corrected chi connectivity index (χ1v) is 11.0. The second-order valence-corrected chi connectivity index (χ2v) is 8.39. The van der Waals surface area contributed by atoms with Gasteiger partial charge in [-0.25, -0.2) is 0 Å². The molecule has 0 saturated carbocycles. The molecule has 5 nitrogen and oxygen atoms in total. The van der Waals surface area contributed by atoms with E-state index in [9.17, 15) is 9.90 Å². The van der Waals surface area contributed by atoms with Crippen molar-refractivity contribution < 1.29 is 14.6 Å². The lowest BCUT2D eigenvalue weighted by Crippen LogP contribution is -2.42. The van der Waals surface area contributed by atoms with Gasteiger partial charge in [0.05, 0.1) is 18.5 Å². The van der Waals surface area contributed by atoms with Crippen molar-refractivity contribution in [2.45, 2.75) is 19.1 Å². The van der Waals surface area contributed by atoms with Gasteiger partial charge in [0.1, 0.15) is 11.9 Å². The molecule has 4 rings (SSSR count). The molecule has 3 aromatic carbocycles. The Morgan fingerprint density at radius 2 is 1.82 bits per heavy atom. The Morgan fingerprint density at radius 3 is 2.48 bits per heavy atom. The van der Waals surface area contributed by atoms with Crippen LogP contribution in [0.4, 0.5) is 5.69 Å². The van der Waals surface area contributed by atoms with Gasteiger partial charge in [0, 0.05) is 23.2 Å². The number of amides is 1. The molecule has 1 aliphatic rings. The van der Waals surface area contributed by atoms with E-state index in [-0.39, 0.29) is 5.91 Å². The molecule has 1 aliphatic heterocycles. The number of benzene rings is 3. The number of anilines is 1. The van der Waals surface area contributed by atoms with E-state index in [0.29, 0.717) is 22.0 Å². The fourth-order valence-corrected chi connectivity index (χ4v) is 4.07. The van der Waals surface area contributed by atoms with Gasteiger partial charge < -0.3 is 14.7 Å². The lowest BCUT2D eigenvalue weighted by molar-refractivity contribution is -0.121. The SMILES string of the molecule is COc1ccc(/C=C(\C)[C@H](O)[C@@H]2N=C(c3ccccc3)c3cc(Cl)ccc3N(C)C2=O)cc1. The number of rotatable bonds is 5. The van der Waals surface area contributed by atoms with Gasteiger partial charge in [-0.2, -0.15) is 0 Å². The first-order chi connectivity index (χ1) is 15.9. The van der Waals surface area contributed by atoms with Gasteiger partial charge in [-0.1, -0.05) is 60.1 Å². The van der Waals surface area contributed by atoms with Gasteiger partial charge in [0.25, 0.3) is 5.91 Å². The van der Waals surface area contributed by atoms with E-state index < -0.39 is 12.1 Å². The summed E-state index contributed by atoms with van der Waals surface area (Å²) >= 11 is 6.30. The highest BCUT2D eigenvalue weighted by Crippen LogP contribution is 2.31. The first-order valence-electron chi connectivity index (χ1n) is 10.6. The van der Waals surface area contributed by atoms with Crippen molar-refractivity contribution in [1.29, 1.82) is 0 Å². The second-order valence-electron chi connectivity index (χ2n) is 7.95. The van der Waals surface area contributed by atoms with Crippen LogP contribution in [0.15, 0.2) is 83.4 Å². The molecule has 0 unspecified atom stereocenters. The highest BCUT2D eigenvalue weighted by atomic mass is 35.5. The number of methoxy groups -OCH3 is 1. The zero-order valence-corrected chi connectivity index (χ0v) is 19.5. The average molecular weight is 461 g/mol. The molecule has 6 heteroatoms. The Hall–Kier alpha value is -3.41. The Labute approximate surface area is 198 Å². The van der Waals surface area contributed by atoms with Crippen LogP contribution in [-0.2, 0) is 4.79 Å². The van der Waals surface area contributed by atoms with Crippen molar-refractivity contribution in [2.75, 3.05) is 19.1 Å². The average Bonchev–Trinajstić information content (AvgIpc) is 2.94. The van der Waals surface area contributed by atoms with Crippen LogP contribution in [-0.4, -0.2) is 43.0 Å². The van der Waals surface area contributed by atoms with Crippen LogP contribution < -0.4 is 9.64 Å². The molecule has 0 fully saturated rings. The van der Waals surface area contributed by atoms with Crippen molar-refractivity contribution in [2.24, 2.45) is 4.99 Å². The number of carbonyl (C=O) groups excluding carboxylic acids is 1. The van der Waals surface area contributed by atoms with Crippen LogP contribution in [0.2, 0.25) is 5.02 Å². The summed E-state index contributed by atoms with van der Waals surface area (Å²) in [6, 6.07) is 21.5. The van der Waals surface area contributed by atoms with E-state index in [1.807, 2.05) is 66.7 Å². The number of hydrogen-bond acceptors (Lipinski definition) is 4. The Kier molecular flexibility index (Phi) is 6.63. The Morgan fingerprint density at radius 1 is 1.12 bits per heavy atom. The smallest absolute Gasteiger partial charge is 0.254 e. The normalized spacial score (nSPS) is 17.2. The van der Waals surface area contributed by atoms with E-state index in [4.69, 9.17) is 21.3 Å². The fraction of sp³-hybridized carbons (Fsp3) is 0.185. The molecule has 168 valence electrons. The molecule has 0 saturated heterocycles. The van der Waals surface area contributed by atoms with Crippen molar-refractivity contribution in [3.8, 4) is 5.75 Å². The lowest BCUT2D eigenvalue weighted by atomic mass is 9.99. The van der Waals surface area contributed by atoms with Gasteiger partial charge in [-0.3, -0.25) is 9.79 Å². The summed E-state index contributed by atoms with van der Waals surface area (Å²) < 4.78 is 5.20. The molecule has 0 radical (unpaired) electrons. The molecule has 1 amide bonds. The number of aliphatic hydroxyl groups is 1. The number of nitrogens with zero attached hydrogens (tertiary/aromatic N) is 2. The standard InChI is InChI=1S/C27H25ClN2O3/c1-17(15-18-9-12-21(33-3)13-10-18)26(31)25-27(32)30(2)23-14-11-20(28)16-22(23)24(29-25)19-7-5-4-6-8-19/h4-16,25-26,31H,1-3H3/b17-15+/t25-,26-/m0/s1. The molecule has 3 aromatic rings. The molecule has 0 spiro atoms. The Bertz CT molecular complexity index is 1220. The van der Waals surface area contributed by atoms with Gasteiger partial charge >= 0.3 is 0 Å². The van der Waals surface area contributed by atoms with Crippen LogP contribution in [0.3, 0.4) is 0 Å². The van der Waals surface area contributed by atoms with Crippen LogP contribution in [0.5, 0.6) is 5.75 Å². The lowest BCUT2D eigenvalue weighted by Gasteiger charge is -2.24. The number of fused-ring (bicyclic) bond motifs is 1. The van der Waals surface area contributed by atoms with Crippen molar-refractivity contribution in [1.82, 2.24) is 0 Å². The Balaban J connectivity index is 1.79. The predicted molar refractivity (Wildman–Crippen MR) is 133 cm³/mol. The molecule has 0 bridgehead atoms. The van der Waals surface area contributed by atoms with Crippen LogP contribution in [0.1, 0.15) is 23.6 Å². The van der Waals surface area contributed by atoms with Gasteiger partial charge in [-0.15, -0.1) is 0 Å². The van der Waals surface area contributed by atoms with E-state index in [2.05, 4.69) is 0 Å². The van der Waals surface area contributed by atoms with Gasteiger partial charge in [-0.05, 0) is 48.4 Å². The minimum absolute atomic E-state index is 0.292. The van der Waals surface area contributed by atoms with Crippen molar-refractivity contribution in [3.63, 3.8) is 0 Å². The summed E-state index contributed by atoms with van der Waals surface area (Å²) in [5.41, 5.74) is 4.43. The number of aliphatic hydroxyl groups excluding tert-OH is 1. The van der Waals surface area contributed by atoms with Crippen molar-refractivity contribution >= 4 is 35.0 Å². The largest absolute Gasteiger partial charge is 0.497 e. The maximum atomic E-state index is 13.4. The maximum absolute atomic E-state index is 13.4. The minimum atomic E-state index is -1.11. The summed E-state index contributed by atoms with van der Waals surface area (Å²) in [6.07, 6.45) is 0.745. The minimum Gasteiger partial charge on any atom is -0.497 e. The third-order valence-electron chi connectivity index (χ3n) is 5.75. The fourth-order valence-electron chi connectivity index (χ4n) is 3.90. The molecule has 1 N–H and O–H groups in total. The first kappa shape index (κ1) is 22.8. The molecular formula is C27H25ClN2O3. The summed E-state index contributed by atoms with van der Waals surface area (Å²) in [5.74, 6) is 0.457. The highest BCUT2D eigenvalue weighted by Gasteiger charge is 2.35. The number of hydrogen-bond donors (Lipinski definition) is 1. The van der Waals surface area contributed by atoms with Crippen LogP contribution in [0, 0.1) is 0 Å². The number of aliphatic imine (C=N–C) groups is 1. The van der Waals surface area contributed by atoms with Gasteiger partial charge in [0.15, 0.2) is 6.04 Å². The topological polar surface area (TPSA) is 62.1 Å². The summed E-state index contributed by atoms with van der Waals surface area (Å²) in [4.78, 5) is 19.8. The second kappa shape index (κ2) is 9.61. The molecule has 1 heterocycles. The third-order valence-corrected chi connectivity index (χ3v) is 5.98. The highest BCUT2D eigenvalue weighted by molar-refractivity contribution is 6.32. The van der Waals surface area contributed by atoms with E-state index in [1.165, 1.54) is 0 Å². The number of ether oxygens (including phenoxy) is 1. The van der Waals surface area contributed by atoms with E-state index in [1.54, 1.807) is 38.1 Å². The van der Waals surface area contributed by atoms with Crippen LogP contribution >= 0.6 is 11.6 Å².